The summed E-state index contributed by atoms with van der Waals surface area (Å²) in [5, 5.41) is 3.38. The van der Waals surface area contributed by atoms with Gasteiger partial charge in [-0.15, -0.1) is 0 Å². The van der Waals surface area contributed by atoms with Crippen LogP contribution in [-0.2, 0) is 16.0 Å². The largest absolute Gasteiger partial charge is 0.372 e. The lowest BCUT2D eigenvalue weighted by Gasteiger charge is -2.56. The lowest BCUT2D eigenvalue weighted by atomic mass is 9.74. The summed E-state index contributed by atoms with van der Waals surface area (Å²) in [7, 11) is 0. The second-order valence-electron chi connectivity index (χ2n) is 10.8. The number of likely N-dealkylation sites (tertiary alicyclic amines) is 1. The number of carbonyl (C=O) groups excluding carboxylic acids is 2. The number of piperazine rings is 1. The average Bonchev–Trinajstić information content (AvgIpc) is 2.82. The second kappa shape index (κ2) is 11.0. The number of amides is 2. The third kappa shape index (κ3) is 6.17. The molecule has 0 atom stereocenters. The third-order valence-corrected chi connectivity index (χ3v) is 7.28. The minimum absolute atomic E-state index is 0.0524. The van der Waals surface area contributed by atoms with Crippen LogP contribution in [0.3, 0.4) is 0 Å². The van der Waals surface area contributed by atoms with Crippen LogP contribution >= 0.6 is 0 Å². The van der Waals surface area contributed by atoms with E-state index in [9.17, 15) is 9.59 Å². The zero-order chi connectivity index (χ0) is 26.6. The van der Waals surface area contributed by atoms with Gasteiger partial charge in [0.25, 0.3) is 0 Å². The number of nitrogens with zero attached hydrogens (tertiary/aromatic N) is 5. The molecule has 4 heterocycles. The normalized spacial score (nSPS) is 18.9. The number of carbonyl (C=O) groups is 2. The Morgan fingerprint density at radius 2 is 1.73 bits per heavy atom. The summed E-state index contributed by atoms with van der Waals surface area (Å²) in [5.74, 6) is 0.592. The van der Waals surface area contributed by atoms with Gasteiger partial charge in [0.1, 0.15) is 5.82 Å². The van der Waals surface area contributed by atoms with Crippen LogP contribution in [0.2, 0.25) is 0 Å². The smallest absolute Gasteiger partial charge is 0.354 e. The van der Waals surface area contributed by atoms with E-state index in [1.54, 1.807) is 29.5 Å². The van der Waals surface area contributed by atoms with E-state index in [0.29, 0.717) is 37.4 Å². The lowest BCUT2D eigenvalue weighted by molar-refractivity contribution is -0.136. The molecule has 11 nitrogen and oxygen atoms in total. The molecule has 3 saturated heterocycles. The van der Waals surface area contributed by atoms with Gasteiger partial charge in [-0.3, -0.25) is 14.2 Å². The maximum absolute atomic E-state index is 12.8. The minimum Gasteiger partial charge on any atom is -0.372 e. The number of aromatic nitrogens is 2. The SMILES string of the molecule is CC(C)(N)C(=O)N1CCN(c2ccn(-c3ccc(CCN4CC5(CNC5)C4)cc3)c(=O)n2)CC1.NC=O. The van der Waals surface area contributed by atoms with Crippen molar-refractivity contribution in [2.24, 2.45) is 16.9 Å². The molecule has 5 rings (SSSR count). The fourth-order valence-corrected chi connectivity index (χ4v) is 5.19. The van der Waals surface area contributed by atoms with Gasteiger partial charge in [0.2, 0.25) is 12.3 Å². The quantitative estimate of drug-likeness (QED) is 0.427. The van der Waals surface area contributed by atoms with Gasteiger partial charge in [-0.1, -0.05) is 12.1 Å². The van der Waals surface area contributed by atoms with Gasteiger partial charge >= 0.3 is 5.69 Å². The van der Waals surface area contributed by atoms with Crippen LogP contribution in [0.25, 0.3) is 5.69 Å². The van der Waals surface area contributed by atoms with Gasteiger partial charge in [-0.2, -0.15) is 4.98 Å². The summed E-state index contributed by atoms with van der Waals surface area (Å²) in [6.07, 6.45) is 3.05. The fourth-order valence-electron chi connectivity index (χ4n) is 5.19. The molecule has 37 heavy (non-hydrogen) atoms. The summed E-state index contributed by atoms with van der Waals surface area (Å²) in [6, 6.07) is 10.1. The van der Waals surface area contributed by atoms with Crippen LogP contribution in [0.15, 0.2) is 41.3 Å². The van der Waals surface area contributed by atoms with E-state index in [-0.39, 0.29) is 18.0 Å². The summed E-state index contributed by atoms with van der Waals surface area (Å²) < 4.78 is 1.58. The van der Waals surface area contributed by atoms with E-state index in [4.69, 9.17) is 10.5 Å². The molecule has 2 aromatic rings. The van der Waals surface area contributed by atoms with Crippen molar-refractivity contribution in [3.63, 3.8) is 0 Å². The molecular formula is C26H38N8O3. The Morgan fingerprint density at radius 1 is 1.11 bits per heavy atom. The van der Waals surface area contributed by atoms with Crippen molar-refractivity contribution in [2.45, 2.75) is 25.8 Å². The van der Waals surface area contributed by atoms with Gasteiger partial charge in [-0.25, -0.2) is 4.79 Å². The highest BCUT2D eigenvalue weighted by Crippen LogP contribution is 2.33. The number of hydrogen-bond donors (Lipinski definition) is 3. The highest BCUT2D eigenvalue weighted by molar-refractivity contribution is 5.85. The van der Waals surface area contributed by atoms with E-state index in [1.807, 2.05) is 23.1 Å². The summed E-state index contributed by atoms with van der Waals surface area (Å²) in [6.45, 7) is 11.7. The zero-order valence-electron chi connectivity index (χ0n) is 21.7. The molecule has 2 amide bonds. The average molecular weight is 511 g/mol. The number of primary amides is 1. The molecule has 0 bridgehead atoms. The molecule has 3 aliphatic heterocycles. The predicted molar refractivity (Wildman–Crippen MR) is 143 cm³/mol. The number of rotatable bonds is 6. The van der Waals surface area contributed by atoms with Crippen molar-refractivity contribution in [1.82, 2.24) is 24.7 Å². The van der Waals surface area contributed by atoms with Crippen molar-refractivity contribution >= 4 is 18.1 Å². The van der Waals surface area contributed by atoms with Crippen molar-refractivity contribution in [2.75, 3.05) is 63.8 Å². The number of nitrogens with one attached hydrogen (secondary N) is 1. The molecule has 3 fully saturated rings. The van der Waals surface area contributed by atoms with Gasteiger partial charge in [0.05, 0.1) is 11.2 Å². The molecule has 5 N–H and O–H groups in total. The second-order valence-corrected chi connectivity index (χ2v) is 10.8. The molecule has 1 spiro atoms. The monoisotopic (exact) mass is 510 g/mol. The highest BCUT2D eigenvalue weighted by atomic mass is 16.2. The van der Waals surface area contributed by atoms with Crippen molar-refractivity contribution < 1.29 is 9.59 Å². The molecule has 0 unspecified atom stereocenters. The first-order chi connectivity index (χ1) is 17.6. The molecule has 0 saturated carbocycles. The van der Waals surface area contributed by atoms with E-state index in [0.717, 1.165) is 18.7 Å². The van der Waals surface area contributed by atoms with Crippen LogP contribution in [0.5, 0.6) is 0 Å². The minimum atomic E-state index is -0.873. The molecule has 1 aromatic carbocycles. The fraction of sp³-hybridized carbons (Fsp3) is 0.538. The Balaban J connectivity index is 0.00000102. The van der Waals surface area contributed by atoms with Crippen LogP contribution < -0.4 is 27.4 Å². The molecule has 11 heteroatoms. The Kier molecular flexibility index (Phi) is 7.96. The molecule has 0 radical (unpaired) electrons. The van der Waals surface area contributed by atoms with Crippen molar-refractivity contribution in [3.05, 3.63) is 52.6 Å². The lowest BCUT2D eigenvalue weighted by Crippen LogP contribution is -2.71. The standard InChI is InChI=1S/C25H35N7O2.CH3NO/c1-24(2,26)22(33)31-13-11-30(12-14-31)21-8-10-32(23(34)28-21)20-5-3-19(4-6-20)7-9-29-17-25(18-29)15-27-16-25;2-1-3/h3-6,8,10,27H,7,9,11-18,26H2,1-2H3;1H,(H2,2,3). The van der Waals surface area contributed by atoms with Crippen LogP contribution in [-0.4, -0.2) is 96.1 Å². The summed E-state index contributed by atoms with van der Waals surface area (Å²) in [5.41, 5.74) is 11.6. The van der Waals surface area contributed by atoms with Gasteiger partial charge in [0.15, 0.2) is 0 Å². The first kappa shape index (κ1) is 26.8. The van der Waals surface area contributed by atoms with E-state index >= 15 is 0 Å². The van der Waals surface area contributed by atoms with E-state index in [2.05, 4.69) is 33.1 Å². The maximum Gasteiger partial charge on any atom is 0.354 e. The van der Waals surface area contributed by atoms with Crippen molar-refractivity contribution in [1.29, 1.82) is 0 Å². The number of anilines is 1. The maximum atomic E-state index is 12.8. The molecular weight excluding hydrogens is 472 g/mol. The summed E-state index contributed by atoms with van der Waals surface area (Å²) >= 11 is 0. The molecule has 0 aliphatic carbocycles. The van der Waals surface area contributed by atoms with Crippen LogP contribution in [0.4, 0.5) is 5.82 Å². The van der Waals surface area contributed by atoms with E-state index in [1.165, 1.54) is 31.7 Å². The number of nitrogens with two attached hydrogens (primary N) is 2. The Morgan fingerprint density at radius 3 is 2.24 bits per heavy atom. The molecule has 200 valence electrons. The van der Waals surface area contributed by atoms with Gasteiger partial charge < -0.3 is 31.5 Å². The third-order valence-electron chi connectivity index (χ3n) is 7.28. The Labute approximate surface area is 217 Å². The Hall–Kier alpha value is -3.28. The first-order valence-electron chi connectivity index (χ1n) is 12.7. The molecule has 1 aromatic heterocycles. The predicted octanol–water partition coefficient (Wildman–Crippen LogP) is -0.832. The molecule has 3 aliphatic rings. The van der Waals surface area contributed by atoms with Gasteiger partial charge in [0, 0.05) is 70.5 Å². The summed E-state index contributed by atoms with van der Waals surface area (Å²) in [4.78, 5) is 44.4. The first-order valence-corrected chi connectivity index (χ1v) is 12.7. The van der Waals surface area contributed by atoms with Crippen LogP contribution in [0.1, 0.15) is 19.4 Å². The van der Waals surface area contributed by atoms with Gasteiger partial charge in [-0.05, 0) is 44.0 Å². The van der Waals surface area contributed by atoms with E-state index < -0.39 is 5.54 Å². The topological polar surface area (TPSA) is 143 Å². The van der Waals surface area contributed by atoms with Crippen LogP contribution in [0, 0.1) is 5.41 Å². The zero-order valence-corrected chi connectivity index (χ0v) is 21.7. The number of benzene rings is 1. The van der Waals surface area contributed by atoms with Crippen molar-refractivity contribution in [3.8, 4) is 5.69 Å². The highest BCUT2D eigenvalue weighted by Gasteiger charge is 2.46. The Bertz CT molecular complexity index is 1140. The number of hydrogen-bond acceptors (Lipinski definition) is 8.